The molecule has 1 unspecified atom stereocenters. The van der Waals surface area contributed by atoms with E-state index in [1.807, 2.05) is 18.2 Å². The number of aromatic nitrogens is 2. The zero-order chi connectivity index (χ0) is 44.6. The Morgan fingerprint density at radius 3 is 2.58 bits per heavy atom. The van der Waals surface area contributed by atoms with E-state index in [4.69, 9.17) is 21.1 Å². The van der Waals surface area contributed by atoms with Crippen LogP contribution in [-0.2, 0) is 14.8 Å². The molecular formula is C47H53ClN8O7S. The number of nitrogens with zero attached hydrogens (tertiary/aromatic N) is 5. The Bertz CT molecular complexity index is 2690. The highest BCUT2D eigenvalue weighted by atomic mass is 35.5. The lowest BCUT2D eigenvalue weighted by molar-refractivity contribution is -0.384. The summed E-state index contributed by atoms with van der Waals surface area (Å²) < 4.78 is 42.0. The van der Waals surface area contributed by atoms with Crippen LogP contribution in [0.1, 0.15) is 61.9 Å². The minimum atomic E-state index is -4.58. The molecule has 0 bridgehead atoms. The maximum absolute atomic E-state index is 14.0. The molecule has 2 aliphatic carbocycles. The molecule has 3 N–H and O–H groups in total. The number of nitro groups is 1. The molecule has 1 saturated carbocycles. The van der Waals surface area contributed by atoms with Crippen molar-refractivity contribution in [1.82, 2.24) is 24.5 Å². The fraction of sp³-hybridized carbons (Fsp3) is 0.404. The quantitative estimate of drug-likeness (QED) is 0.0723. The Balaban J connectivity index is 0.920. The maximum Gasteiger partial charge on any atom is 0.293 e. The Hall–Kier alpha value is -5.52. The van der Waals surface area contributed by atoms with Crippen molar-refractivity contribution in [2.75, 3.05) is 69.2 Å². The van der Waals surface area contributed by atoms with Crippen LogP contribution in [0.5, 0.6) is 11.5 Å². The van der Waals surface area contributed by atoms with Crippen molar-refractivity contribution in [3.8, 4) is 11.5 Å². The molecule has 1 aromatic heterocycles. The van der Waals surface area contributed by atoms with Crippen molar-refractivity contribution < 1.29 is 27.6 Å². The average Bonchev–Trinajstić information content (AvgIpc) is 4.02. The van der Waals surface area contributed by atoms with Gasteiger partial charge in [0.05, 0.1) is 39.9 Å². The Labute approximate surface area is 378 Å². The van der Waals surface area contributed by atoms with Crippen LogP contribution in [0.25, 0.3) is 16.6 Å². The molecular weight excluding hydrogens is 856 g/mol. The Morgan fingerprint density at radius 2 is 1.81 bits per heavy atom. The van der Waals surface area contributed by atoms with E-state index in [-0.39, 0.29) is 28.5 Å². The zero-order valence-corrected chi connectivity index (χ0v) is 37.6. The number of nitro benzene ring substituents is 1. The number of sulfonamides is 1. The van der Waals surface area contributed by atoms with Gasteiger partial charge >= 0.3 is 0 Å². The molecule has 1 amide bonds. The molecule has 3 heterocycles. The molecule has 1 atom stereocenters. The van der Waals surface area contributed by atoms with Gasteiger partial charge in [0.15, 0.2) is 5.75 Å². The van der Waals surface area contributed by atoms with Gasteiger partial charge in [-0.3, -0.25) is 24.7 Å². The first-order chi connectivity index (χ1) is 30.8. The second-order valence-corrected chi connectivity index (χ2v) is 20.1. The van der Waals surface area contributed by atoms with Crippen LogP contribution >= 0.6 is 11.6 Å². The lowest BCUT2D eigenvalue weighted by Crippen LogP contribution is -2.47. The number of hydrogen-bond donors (Lipinski definition) is 3. The molecule has 5 aromatic rings. The number of carbonyl (C=O) groups is 1. The van der Waals surface area contributed by atoms with E-state index in [9.17, 15) is 23.3 Å². The van der Waals surface area contributed by atoms with E-state index < -0.39 is 31.4 Å². The van der Waals surface area contributed by atoms with E-state index in [1.165, 1.54) is 41.7 Å². The second-order valence-electron chi connectivity index (χ2n) is 18.0. The molecule has 0 spiro atoms. The number of benzene rings is 4. The van der Waals surface area contributed by atoms with Crippen molar-refractivity contribution >= 4 is 61.2 Å². The van der Waals surface area contributed by atoms with Crippen LogP contribution in [0.2, 0.25) is 5.02 Å². The fourth-order valence-corrected chi connectivity index (χ4v) is 10.2. The van der Waals surface area contributed by atoms with E-state index in [0.717, 1.165) is 80.8 Å². The van der Waals surface area contributed by atoms with Gasteiger partial charge < -0.3 is 24.7 Å². The van der Waals surface area contributed by atoms with Gasteiger partial charge in [-0.1, -0.05) is 49.2 Å². The molecule has 15 nitrogen and oxygen atoms in total. The minimum absolute atomic E-state index is 0.0408. The number of nitrogens with one attached hydrogen (secondary N) is 3. The second kappa shape index (κ2) is 18.2. The molecule has 9 rings (SSSR count). The van der Waals surface area contributed by atoms with Gasteiger partial charge in [-0.25, -0.2) is 18.1 Å². The van der Waals surface area contributed by atoms with Crippen LogP contribution in [0.4, 0.5) is 17.1 Å². The molecule has 3 fully saturated rings. The topological polar surface area (TPSA) is 175 Å². The molecule has 4 aromatic carbocycles. The molecule has 2 saturated heterocycles. The Kier molecular flexibility index (Phi) is 12.4. The first-order valence-corrected chi connectivity index (χ1v) is 23.8. The average molecular weight is 910 g/mol. The number of aromatic amines is 1. The van der Waals surface area contributed by atoms with Crippen LogP contribution in [0.3, 0.4) is 0 Å². The molecule has 2 aliphatic heterocycles. The predicted octanol–water partition coefficient (Wildman–Crippen LogP) is 8.10. The summed E-state index contributed by atoms with van der Waals surface area (Å²) in [6.07, 6.45) is 6.91. The summed E-state index contributed by atoms with van der Waals surface area (Å²) in [4.78, 5) is 39.7. The van der Waals surface area contributed by atoms with Gasteiger partial charge in [0.2, 0.25) is 0 Å². The minimum Gasteiger partial charge on any atom is -0.454 e. The number of imidazole rings is 1. The monoisotopic (exact) mass is 908 g/mol. The van der Waals surface area contributed by atoms with Gasteiger partial charge in [0, 0.05) is 81.2 Å². The summed E-state index contributed by atoms with van der Waals surface area (Å²) in [5.41, 5.74) is 6.07. The third kappa shape index (κ3) is 9.91. The van der Waals surface area contributed by atoms with Crippen LogP contribution in [-0.4, -0.2) is 110 Å². The number of rotatable bonds is 14. The number of morpholine rings is 1. The SMILES string of the molecule is CC1(C)CCC(CN2CCN(c3ccc(C(=O)NS(=O)(=O)c4ccc(NCC5CN(C6CC6)CCO5)c([N+](=O)[O-])c4)c(Oc4cccc5[nH]cnc45)c3)CC2)=C(c2ccc(Cl)cc2)C1. The number of anilines is 2. The maximum atomic E-state index is 14.0. The third-order valence-electron chi connectivity index (χ3n) is 12.8. The van der Waals surface area contributed by atoms with Crippen LogP contribution in [0.15, 0.2) is 95.7 Å². The number of para-hydroxylation sites is 1. The zero-order valence-electron chi connectivity index (χ0n) is 36.0. The smallest absolute Gasteiger partial charge is 0.293 e. The summed E-state index contributed by atoms with van der Waals surface area (Å²) in [5.74, 6) is -0.461. The normalized spacial score (nSPS) is 19.7. The number of ether oxygens (including phenoxy) is 2. The lowest BCUT2D eigenvalue weighted by Gasteiger charge is -2.39. The van der Waals surface area contributed by atoms with Crippen molar-refractivity contribution in [2.45, 2.75) is 63.0 Å². The number of fused-ring (bicyclic) bond motifs is 1. The lowest BCUT2D eigenvalue weighted by atomic mass is 9.72. The highest BCUT2D eigenvalue weighted by Crippen LogP contribution is 2.44. The van der Waals surface area contributed by atoms with Crippen molar-refractivity contribution in [2.24, 2.45) is 5.41 Å². The molecule has 17 heteroatoms. The number of allylic oxidation sites excluding steroid dienone is 1. The van der Waals surface area contributed by atoms with E-state index in [1.54, 1.807) is 36.7 Å². The molecule has 0 radical (unpaired) electrons. The van der Waals surface area contributed by atoms with Gasteiger partial charge in [-0.15, -0.1) is 0 Å². The summed E-state index contributed by atoms with van der Waals surface area (Å²) in [6, 6.07) is 22.7. The fourth-order valence-electron chi connectivity index (χ4n) is 9.09. The van der Waals surface area contributed by atoms with Crippen LogP contribution in [0, 0.1) is 15.5 Å². The largest absolute Gasteiger partial charge is 0.454 e. The highest BCUT2D eigenvalue weighted by molar-refractivity contribution is 7.90. The van der Waals surface area contributed by atoms with Gasteiger partial charge in [-0.2, -0.15) is 0 Å². The summed E-state index contributed by atoms with van der Waals surface area (Å²) in [6.45, 7) is 11.1. The van der Waals surface area contributed by atoms with Crippen LogP contribution < -0.4 is 19.7 Å². The van der Waals surface area contributed by atoms with E-state index >= 15 is 0 Å². The van der Waals surface area contributed by atoms with Gasteiger partial charge in [-0.05, 0) is 97.2 Å². The number of carbonyl (C=O) groups excluding carboxylic acids is 1. The summed E-state index contributed by atoms with van der Waals surface area (Å²) in [5, 5.41) is 16.0. The number of amides is 1. The van der Waals surface area contributed by atoms with Crippen molar-refractivity contribution in [1.29, 1.82) is 0 Å². The summed E-state index contributed by atoms with van der Waals surface area (Å²) >= 11 is 6.25. The standard InChI is InChI=1S/C47H53ClN8O7S/c1-47(2)17-16-32(39(26-47)31-6-8-33(48)9-7-31)28-53-18-20-54(21-19-53)35-12-14-38(44(24-35)63-43-5-3-4-41-45(43)51-30-50-41)46(57)52-64(60,61)37-13-15-40(42(25-37)56(58)59)49-27-36-29-55(22-23-62-36)34-10-11-34/h3-9,12-15,24-25,30,34,36,49H,10-11,16-23,26-29H2,1-2H3,(H,50,51)(H,52,57). The van der Waals surface area contributed by atoms with Crippen molar-refractivity contribution in [3.63, 3.8) is 0 Å². The Morgan fingerprint density at radius 1 is 1.02 bits per heavy atom. The number of hydrogen-bond acceptors (Lipinski definition) is 12. The number of piperazine rings is 1. The third-order valence-corrected chi connectivity index (χ3v) is 14.4. The number of halogens is 1. The predicted molar refractivity (Wildman–Crippen MR) is 248 cm³/mol. The number of H-pyrrole nitrogens is 1. The van der Waals surface area contributed by atoms with Crippen molar-refractivity contribution in [3.05, 3.63) is 117 Å². The van der Waals surface area contributed by atoms with E-state index in [0.29, 0.717) is 37.0 Å². The van der Waals surface area contributed by atoms with Gasteiger partial charge in [0.25, 0.3) is 21.6 Å². The molecule has 336 valence electrons. The summed E-state index contributed by atoms with van der Waals surface area (Å²) in [7, 11) is -4.58. The first-order valence-electron chi connectivity index (χ1n) is 21.9. The highest BCUT2D eigenvalue weighted by Gasteiger charge is 2.34. The van der Waals surface area contributed by atoms with Gasteiger partial charge in [0.1, 0.15) is 17.0 Å². The molecule has 4 aliphatic rings. The van der Waals surface area contributed by atoms with E-state index in [2.05, 4.69) is 60.7 Å². The molecule has 64 heavy (non-hydrogen) atoms. The first kappa shape index (κ1) is 43.7.